The van der Waals surface area contributed by atoms with Crippen molar-refractivity contribution in [3.05, 3.63) is 101 Å². The second kappa shape index (κ2) is 11.3. The number of carbonyl (C=O) groups is 4. The predicted molar refractivity (Wildman–Crippen MR) is 132 cm³/mol. The summed E-state index contributed by atoms with van der Waals surface area (Å²) in [7, 11) is 0. The van der Waals surface area contributed by atoms with Crippen LogP contribution in [0.15, 0.2) is 72.8 Å². The van der Waals surface area contributed by atoms with Crippen molar-refractivity contribution in [2.75, 3.05) is 19.8 Å². The molecule has 8 nitrogen and oxygen atoms in total. The van der Waals surface area contributed by atoms with Gasteiger partial charge in [-0.05, 0) is 48.7 Å². The number of imide groups is 1. The van der Waals surface area contributed by atoms with E-state index in [2.05, 4.69) is 5.32 Å². The summed E-state index contributed by atoms with van der Waals surface area (Å²) >= 11 is 0. The predicted octanol–water partition coefficient (Wildman–Crippen LogP) is 3.40. The van der Waals surface area contributed by atoms with E-state index in [1.165, 1.54) is 6.07 Å². The Morgan fingerprint density at radius 2 is 1.53 bits per heavy atom. The summed E-state index contributed by atoms with van der Waals surface area (Å²) in [6.45, 7) is 2.06. The SMILES string of the molecule is CCOc1ccc(CN2C(=O)c3ccccc3C2=O)cc1C(=O)OCC(=O)NCCc1ccccc1. The highest BCUT2D eigenvalue weighted by atomic mass is 16.5. The summed E-state index contributed by atoms with van der Waals surface area (Å²) in [4.78, 5) is 51.5. The molecule has 8 heteroatoms. The Labute approximate surface area is 208 Å². The molecule has 0 unspecified atom stereocenters. The lowest BCUT2D eigenvalue weighted by Crippen LogP contribution is -2.30. The number of hydrogen-bond acceptors (Lipinski definition) is 6. The van der Waals surface area contributed by atoms with E-state index in [0.717, 1.165) is 10.5 Å². The molecule has 0 atom stereocenters. The Balaban J connectivity index is 1.39. The molecule has 0 radical (unpaired) electrons. The van der Waals surface area contributed by atoms with E-state index < -0.39 is 18.5 Å². The van der Waals surface area contributed by atoms with Crippen molar-refractivity contribution in [1.29, 1.82) is 0 Å². The Morgan fingerprint density at radius 3 is 2.19 bits per heavy atom. The number of ether oxygens (including phenoxy) is 2. The monoisotopic (exact) mass is 486 g/mol. The third-order valence-electron chi connectivity index (χ3n) is 5.70. The summed E-state index contributed by atoms with van der Waals surface area (Å²) in [6, 6.07) is 21.1. The third-order valence-corrected chi connectivity index (χ3v) is 5.70. The Morgan fingerprint density at radius 1 is 0.861 bits per heavy atom. The zero-order chi connectivity index (χ0) is 25.5. The van der Waals surface area contributed by atoms with Crippen molar-refractivity contribution in [1.82, 2.24) is 10.2 Å². The zero-order valence-corrected chi connectivity index (χ0v) is 19.9. The second-order valence-electron chi connectivity index (χ2n) is 8.17. The van der Waals surface area contributed by atoms with Gasteiger partial charge in [0.05, 0.1) is 24.3 Å². The number of nitrogens with one attached hydrogen (secondary N) is 1. The quantitative estimate of drug-likeness (QED) is 0.348. The van der Waals surface area contributed by atoms with Gasteiger partial charge in [0.2, 0.25) is 0 Å². The van der Waals surface area contributed by atoms with Crippen LogP contribution in [0.25, 0.3) is 0 Å². The third kappa shape index (κ3) is 5.60. The molecule has 1 aliphatic heterocycles. The van der Waals surface area contributed by atoms with Crippen molar-refractivity contribution < 1.29 is 28.7 Å². The summed E-state index contributed by atoms with van der Waals surface area (Å²) < 4.78 is 10.8. The van der Waals surface area contributed by atoms with Crippen LogP contribution in [0.5, 0.6) is 5.75 Å². The van der Waals surface area contributed by atoms with E-state index >= 15 is 0 Å². The number of benzene rings is 3. The molecular weight excluding hydrogens is 460 g/mol. The molecule has 4 rings (SSSR count). The average molecular weight is 487 g/mol. The molecule has 0 fully saturated rings. The maximum absolute atomic E-state index is 12.8. The fraction of sp³-hybridized carbons (Fsp3) is 0.214. The first kappa shape index (κ1) is 24.7. The van der Waals surface area contributed by atoms with E-state index in [9.17, 15) is 19.2 Å². The van der Waals surface area contributed by atoms with Crippen molar-refractivity contribution in [2.45, 2.75) is 19.9 Å². The van der Waals surface area contributed by atoms with Crippen molar-refractivity contribution in [2.24, 2.45) is 0 Å². The Kier molecular flexibility index (Phi) is 7.75. The number of esters is 1. The molecule has 3 aromatic carbocycles. The fourth-order valence-electron chi connectivity index (χ4n) is 3.93. The summed E-state index contributed by atoms with van der Waals surface area (Å²) in [5.74, 6) is -1.64. The maximum atomic E-state index is 12.8. The minimum Gasteiger partial charge on any atom is -0.493 e. The highest BCUT2D eigenvalue weighted by Gasteiger charge is 2.35. The summed E-state index contributed by atoms with van der Waals surface area (Å²) in [6.07, 6.45) is 0.662. The standard InChI is InChI=1S/C28H26N2O6/c1-2-35-24-13-12-20(17-30-26(32)21-10-6-7-11-22(21)27(30)33)16-23(24)28(34)36-18-25(31)29-15-14-19-8-4-3-5-9-19/h3-13,16H,2,14-15,17-18H2,1H3,(H,29,31). The molecule has 0 saturated heterocycles. The van der Waals surface area contributed by atoms with E-state index in [1.54, 1.807) is 43.3 Å². The largest absolute Gasteiger partial charge is 0.493 e. The molecular formula is C28H26N2O6. The van der Waals surface area contributed by atoms with Crippen LogP contribution in [-0.2, 0) is 22.5 Å². The molecule has 0 spiro atoms. The van der Waals surface area contributed by atoms with Gasteiger partial charge in [-0.1, -0.05) is 48.5 Å². The lowest BCUT2D eigenvalue weighted by molar-refractivity contribution is -0.124. The van der Waals surface area contributed by atoms with Crippen LogP contribution in [-0.4, -0.2) is 48.3 Å². The van der Waals surface area contributed by atoms with Gasteiger partial charge in [0.15, 0.2) is 6.61 Å². The van der Waals surface area contributed by atoms with Crippen LogP contribution in [0, 0.1) is 0 Å². The van der Waals surface area contributed by atoms with E-state index in [1.807, 2.05) is 30.3 Å². The molecule has 1 heterocycles. The lowest BCUT2D eigenvalue weighted by atomic mass is 10.1. The normalized spacial score (nSPS) is 12.3. The molecule has 1 N–H and O–H groups in total. The molecule has 1 aliphatic rings. The first-order valence-corrected chi connectivity index (χ1v) is 11.7. The molecule has 36 heavy (non-hydrogen) atoms. The topological polar surface area (TPSA) is 102 Å². The number of fused-ring (bicyclic) bond motifs is 1. The van der Waals surface area contributed by atoms with Crippen LogP contribution in [0.1, 0.15) is 49.1 Å². The number of nitrogens with zero attached hydrogens (tertiary/aromatic N) is 1. The van der Waals surface area contributed by atoms with Gasteiger partial charge >= 0.3 is 5.97 Å². The Bertz CT molecular complexity index is 1250. The molecule has 3 amide bonds. The second-order valence-corrected chi connectivity index (χ2v) is 8.17. The number of carbonyl (C=O) groups excluding carboxylic acids is 4. The Hall–Kier alpha value is -4.46. The molecule has 3 aromatic rings. The lowest BCUT2D eigenvalue weighted by Gasteiger charge is -2.16. The zero-order valence-electron chi connectivity index (χ0n) is 19.9. The van der Waals surface area contributed by atoms with Gasteiger partial charge in [-0.2, -0.15) is 0 Å². The minimum atomic E-state index is -0.735. The number of amides is 3. The van der Waals surface area contributed by atoms with E-state index in [4.69, 9.17) is 9.47 Å². The van der Waals surface area contributed by atoms with Crippen molar-refractivity contribution in [3.63, 3.8) is 0 Å². The average Bonchev–Trinajstić information content (AvgIpc) is 3.14. The van der Waals surface area contributed by atoms with Gasteiger partial charge in [-0.3, -0.25) is 19.3 Å². The molecule has 0 saturated carbocycles. The van der Waals surface area contributed by atoms with Gasteiger partial charge in [0.1, 0.15) is 11.3 Å². The summed E-state index contributed by atoms with van der Waals surface area (Å²) in [5, 5.41) is 2.73. The fourth-order valence-corrected chi connectivity index (χ4v) is 3.93. The van der Waals surface area contributed by atoms with Gasteiger partial charge in [0, 0.05) is 6.54 Å². The molecule has 0 bridgehead atoms. The first-order valence-electron chi connectivity index (χ1n) is 11.7. The smallest absolute Gasteiger partial charge is 0.342 e. The van der Waals surface area contributed by atoms with Crippen molar-refractivity contribution >= 4 is 23.7 Å². The highest BCUT2D eigenvalue weighted by molar-refractivity contribution is 6.21. The highest BCUT2D eigenvalue weighted by Crippen LogP contribution is 2.27. The van der Waals surface area contributed by atoms with E-state index in [0.29, 0.717) is 36.3 Å². The van der Waals surface area contributed by atoms with Crippen LogP contribution in [0.3, 0.4) is 0 Å². The van der Waals surface area contributed by atoms with E-state index in [-0.39, 0.29) is 29.7 Å². The van der Waals surface area contributed by atoms with Crippen LogP contribution in [0.4, 0.5) is 0 Å². The summed E-state index contributed by atoms with van der Waals surface area (Å²) in [5.41, 5.74) is 2.46. The number of rotatable bonds is 10. The van der Waals surface area contributed by atoms with Crippen LogP contribution in [0.2, 0.25) is 0 Å². The minimum absolute atomic E-state index is 0.0149. The van der Waals surface area contributed by atoms with Gasteiger partial charge in [0.25, 0.3) is 17.7 Å². The van der Waals surface area contributed by atoms with Gasteiger partial charge in [-0.15, -0.1) is 0 Å². The maximum Gasteiger partial charge on any atom is 0.342 e. The van der Waals surface area contributed by atoms with Gasteiger partial charge < -0.3 is 14.8 Å². The molecule has 184 valence electrons. The van der Waals surface area contributed by atoms with Crippen LogP contribution < -0.4 is 10.1 Å². The molecule has 0 aliphatic carbocycles. The van der Waals surface area contributed by atoms with Crippen LogP contribution >= 0.6 is 0 Å². The van der Waals surface area contributed by atoms with Crippen molar-refractivity contribution in [3.8, 4) is 5.75 Å². The van der Waals surface area contributed by atoms with Gasteiger partial charge in [-0.25, -0.2) is 4.79 Å². The number of hydrogen-bond donors (Lipinski definition) is 1. The molecule has 0 aromatic heterocycles. The first-order chi connectivity index (χ1) is 17.5.